The molecule has 2 aromatic carbocycles. The van der Waals surface area contributed by atoms with Gasteiger partial charge in [-0.1, -0.05) is 12.1 Å². The Balaban J connectivity index is 0.00000312. The third-order valence-corrected chi connectivity index (χ3v) is 3.14. The van der Waals surface area contributed by atoms with Crippen LogP contribution in [0.4, 0.5) is 13.2 Å². The molecule has 0 saturated carbocycles. The number of guanidine groups is 1. The first-order valence-corrected chi connectivity index (χ1v) is 7.35. The molecule has 2 aromatic rings. The molecule has 4 nitrogen and oxygen atoms in total. The van der Waals surface area contributed by atoms with Crippen molar-refractivity contribution in [2.45, 2.75) is 6.54 Å². The lowest BCUT2D eigenvalue weighted by Crippen LogP contribution is -2.38. The van der Waals surface area contributed by atoms with Crippen LogP contribution < -0.4 is 15.4 Å². The number of rotatable bonds is 6. The summed E-state index contributed by atoms with van der Waals surface area (Å²) in [5.41, 5.74) is 0.906. The second-order valence-corrected chi connectivity index (χ2v) is 4.90. The molecular weight excluding hydrogens is 446 g/mol. The fraction of sp³-hybridized carbons (Fsp3) is 0.235. The topological polar surface area (TPSA) is 45.7 Å². The van der Waals surface area contributed by atoms with E-state index in [1.807, 2.05) is 0 Å². The molecule has 0 amide bonds. The maximum absolute atomic E-state index is 13.4. The molecule has 0 aliphatic heterocycles. The largest absolute Gasteiger partial charge is 0.489 e. The summed E-state index contributed by atoms with van der Waals surface area (Å²) in [7, 11) is 1.61. The molecule has 0 saturated heterocycles. The minimum atomic E-state index is -0.742. The highest BCUT2D eigenvalue weighted by Gasteiger charge is 2.05. The summed E-state index contributed by atoms with van der Waals surface area (Å²) in [5.74, 6) is -1.15. The van der Waals surface area contributed by atoms with E-state index in [0.717, 1.165) is 17.7 Å². The molecule has 0 radical (unpaired) electrons. The van der Waals surface area contributed by atoms with Gasteiger partial charge in [-0.05, 0) is 29.8 Å². The van der Waals surface area contributed by atoms with E-state index in [1.54, 1.807) is 19.2 Å². The van der Waals surface area contributed by atoms with Gasteiger partial charge in [0.15, 0.2) is 17.5 Å². The summed E-state index contributed by atoms with van der Waals surface area (Å²) < 4.78 is 44.2. The van der Waals surface area contributed by atoms with Gasteiger partial charge in [0.05, 0.1) is 6.54 Å². The lowest BCUT2D eigenvalue weighted by molar-refractivity contribution is 0.304. The zero-order chi connectivity index (χ0) is 17.4. The van der Waals surface area contributed by atoms with Crippen molar-refractivity contribution in [2.75, 3.05) is 20.2 Å². The van der Waals surface area contributed by atoms with Crippen LogP contribution in [0, 0.1) is 17.5 Å². The van der Waals surface area contributed by atoms with Crippen molar-refractivity contribution < 1.29 is 17.9 Å². The van der Waals surface area contributed by atoms with Gasteiger partial charge >= 0.3 is 0 Å². The molecule has 0 heterocycles. The summed E-state index contributed by atoms with van der Waals surface area (Å²) in [6.07, 6.45) is 0. The molecule has 0 unspecified atom stereocenters. The summed E-state index contributed by atoms with van der Waals surface area (Å²) in [6.45, 7) is 1.03. The van der Waals surface area contributed by atoms with E-state index in [-0.39, 0.29) is 42.2 Å². The number of aliphatic imine (C=N–C) groups is 1. The van der Waals surface area contributed by atoms with Crippen molar-refractivity contribution >= 4 is 29.9 Å². The minimum Gasteiger partial charge on any atom is -0.489 e. The van der Waals surface area contributed by atoms with Gasteiger partial charge < -0.3 is 15.4 Å². The Kier molecular flexibility index (Phi) is 9.11. The summed E-state index contributed by atoms with van der Waals surface area (Å²) in [5, 5.41) is 6.06. The molecule has 2 N–H and O–H groups in total. The maximum atomic E-state index is 13.4. The van der Waals surface area contributed by atoms with Gasteiger partial charge in [0, 0.05) is 19.7 Å². The Morgan fingerprint density at radius 3 is 2.32 bits per heavy atom. The van der Waals surface area contributed by atoms with Gasteiger partial charge in [-0.2, -0.15) is 0 Å². The molecule has 25 heavy (non-hydrogen) atoms. The predicted molar refractivity (Wildman–Crippen MR) is 102 cm³/mol. The Hall–Kier alpha value is -1.97. The van der Waals surface area contributed by atoms with Crippen LogP contribution in [0.15, 0.2) is 47.5 Å². The lowest BCUT2D eigenvalue weighted by atomic mass is 10.2. The van der Waals surface area contributed by atoms with Gasteiger partial charge in [-0.3, -0.25) is 4.99 Å². The van der Waals surface area contributed by atoms with Gasteiger partial charge in [0.2, 0.25) is 0 Å². The van der Waals surface area contributed by atoms with Crippen LogP contribution in [0.2, 0.25) is 0 Å². The number of nitrogens with zero attached hydrogens (tertiary/aromatic N) is 1. The van der Waals surface area contributed by atoms with Crippen molar-refractivity contribution in [3.8, 4) is 5.75 Å². The Bertz CT molecular complexity index is 696. The molecule has 0 atom stereocenters. The van der Waals surface area contributed by atoms with Crippen LogP contribution in [-0.2, 0) is 6.54 Å². The van der Waals surface area contributed by atoms with Crippen LogP contribution in [-0.4, -0.2) is 26.2 Å². The standard InChI is InChI=1S/C17H18F3N3O.HI/c1-21-17(23-11-12-2-4-13(18)5-3-12)22-8-9-24-16-7-6-14(19)10-15(16)20;/h2-7,10H,8-9,11H2,1H3,(H2,21,22,23);1H. The second kappa shape index (κ2) is 10.8. The van der Waals surface area contributed by atoms with Gasteiger partial charge in [-0.15, -0.1) is 24.0 Å². The Morgan fingerprint density at radius 1 is 1.00 bits per heavy atom. The molecule has 136 valence electrons. The normalized spacial score (nSPS) is 10.8. The molecule has 0 spiro atoms. The Morgan fingerprint density at radius 2 is 1.68 bits per heavy atom. The molecule has 8 heteroatoms. The molecule has 0 fully saturated rings. The first-order valence-electron chi connectivity index (χ1n) is 7.35. The number of ether oxygens (including phenoxy) is 1. The summed E-state index contributed by atoms with van der Waals surface area (Å²) >= 11 is 0. The van der Waals surface area contributed by atoms with Gasteiger partial charge in [-0.25, -0.2) is 13.2 Å². The zero-order valence-corrected chi connectivity index (χ0v) is 15.9. The number of hydrogen-bond acceptors (Lipinski definition) is 2. The number of benzene rings is 2. The molecule has 0 bridgehead atoms. The van der Waals surface area contributed by atoms with Crippen LogP contribution >= 0.6 is 24.0 Å². The molecule has 2 rings (SSSR count). The fourth-order valence-electron chi connectivity index (χ4n) is 1.93. The molecule has 0 aliphatic rings. The van der Waals surface area contributed by atoms with Gasteiger partial charge in [0.25, 0.3) is 0 Å². The number of halogens is 4. The summed E-state index contributed by atoms with van der Waals surface area (Å²) in [6, 6.07) is 9.27. The smallest absolute Gasteiger partial charge is 0.191 e. The van der Waals surface area contributed by atoms with Crippen molar-refractivity contribution in [1.82, 2.24) is 10.6 Å². The average molecular weight is 465 g/mol. The minimum absolute atomic E-state index is 0. The van der Waals surface area contributed by atoms with E-state index in [1.165, 1.54) is 18.2 Å². The van der Waals surface area contributed by atoms with Crippen molar-refractivity contribution in [1.29, 1.82) is 0 Å². The average Bonchev–Trinajstić information content (AvgIpc) is 2.57. The van der Waals surface area contributed by atoms with Crippen LogP contribution in [0.3, 0.4) is 0 Å². The van der Waals surface area contributed by atoms with E-state index in [9.17, 15) is 13.2 Å². The second-order valence-electron chi connectivity index (χ2n) is 4.90. The van der Waals surface area contributed by atoms with E-state index in [2.05, 4.69) is 15.6 Å². The molecule has 0 aliphatic carbocycles. The van der Waals surface area contributed by atoms with Crippen LogP contribution in [0.5, 0.6) is 5.75 Å². The van der Waals surface area contributed by atoms with Crippen LogP contribution in [0.1, 0.15) is 5.56 Å². The van der Waals surface area contributed by atoms with E-state index >= 15 is 0 Å². The highest BCUT2D eigenvalue weighted by molar-refractivity contribution is 14.0. The van der Waals surface area contributed by atoms with Crippen molar-refractivity contribution in [2.24, 2.45) is 4.99 Å². The quantitative estimate of drug-likeness (QED) is 0.298. The lowest BCUT2D eigenvalue weighted by Gasteiger charge is -2.13. The third-order valence-electron chi connectivity index (χ3n) is 3.14. The van der Waals surface area contributed by atoms with Gasteiger partial charge in [0.1, 0.15) is 18.2 Å². The first kappa shape index (κ1) is 21.1. The van der Waals surface area contributed by atoms with Crippen molar-refractivity contribution in [3.63, 3.8) is 0 Å². The zero-order valence-electron chi connectivity index (χ0n) is 13.6. The van der Waals surface area contributed by atoms with E-state index in [4.69, 9.17) is 4.74 Å². The maximum Gasteiger partial charge on any atom is 0.191 e. The Labute approximate surface area is 161 Å². The number of nitrogens with one attached hydrogen (secondary N) is 2. The third kappa shape index (κ3) is 7.20. The number of hydrogen-bond donors (Lipinski definition) is 2. The molecular formula is C17H19F3IN3O. The van der Waals surface area contributed by atoms with Crippen molar-refractivity contribution in [3.05, 3.63) is 65.5 Å². The van der Waals surface area contributed by atoms with Crippen LogP contribution in [0.25, 0.3) is 0 Å². The summed E-state index contributed by atoms with van der Waals surface area (Å²) in [4.78, 5) is 4.04. The van der Waals surface area contributed by atoms with E-state index in [0.29, 0.717) is 19.0 Å². The monoisotopic (exact) mass is 465 g/mol. The first-order chi connectivity index (χ1) is 11.6. The molecule has 0 aromatic heterocycles. The fourth-order valence-corrected chi connectivity index (χ4v) is 1.93. The highest BCUT2D eigenvalue weighted by atomic mass is 127. The predicted octanol–water partition coefficient (Wildman–Crippen LogP) is 3.47. The SMILES string of the molecule is CN=C(NCCOc1ccc(F)cc1F)NCc1ccc(F)cc1.I. The highest BCUT2D eigenvalue weighted by Crippen LogP contribution is 2.17. The van der Waals surface area contributed by atoms with E-state index < -0.39 is 11.6 Å².